The molecule has 0 aromatic carbocycles. The summed E-state index contributed by atoms with van der Waals surface area (Å²) in [7, 11) is 0. The summed E-state index contributed by atoms with van der Waals surface area (Å²) < 4.78 is 10.1. The minimum Gasteiger partial charge on any atom is -0.463 e. The minimum atomic E-state index is -0.485. The lowest BCUT2D eigenvalue weighted by molar-refractivity contribution is -0.138. The zero-order chi connectivity index (χ0) is 17.4. The van der Waals surface area contributed by atoms with Gasteiger partial charge < -0.3 is 14.8 Å². The molecule has 0 fully saturated rings. The molecule has 5 heteroatoms. The summed E-state index contributed by atoms with van der Waals surface area (Å²) in [6.07, 6.45) is 1.85. The molecule has 1 N–H and O–H groups in total. The second-order valence-electron chi connectivity index (χ2n) is 7.20. The molecule has 0 radical (unpaired) electrons. The van der Waals surface area contributed by atoms with E-state index >= 15 is 0 Å². The predicted molar refractivity (Wildman–Crippen MR) is 87.6 cm³/mol. The Morgan fingerprint density at radius 3 is 2.23 bits per heavy atom. The van der Waals surface area contributed by atoms with Crippen molar-refractivity contribution in [3.8, 4) is 0 Å². The third kappa shape index (κ3) is 10.2. The van der Waals surface area contributed by atoms with Gasteiger partial charge >= 0.3 is 12.1 Å². The summed E-state index contributed by atoms with van der Waals surface area (Å²) in [4.78, 5) is 23.1. The molecular formula is C17H31NO4. The number of esters is 1. The van der Waals surface area contributed by atoms with E-state index < -0.39 is 11.7 Å². The third-order valence-electron chi connectivity index (χ3n) is 2.95. The third-order valence-corrected chi connectivity index (χ3v) is 2.95. The van der Waals surface area contributed by atoms with E-state index in [1.165, 1.54) is 0 Å². The Kier molecular flexibility index (Phi) is 8.20. The first-order valence-corrected chi connectivity index (χ1v) is 7.78. The van der Waals surface area contributed by atoms with E-state index in [4.69, 9.17) is 9.47 Å². The van der Waals surface area contributed by atoms with Crippen LogP contribution in [0, 0.1) is 5.41 Å². The zero-order valence-electron chi connectivity index (χ0n) is 14.9. The molecular weight excluding hydrogens is 282 g/mol. The van der Waals surface area contributed by atoms with Crippen molar-refractivity contribution in [3.05, 3.63) is 12.2 Å². The van der Waals surface area contributed by atoms with Crippen LogP contribution in [0.1, 0.15) is 60.8 Å². The molecule has 0 bridgehead atoms. The van der Waals surface area contributed by atoms with Crippen LogP contribution in [0.25, 0.3) is 0 Å². The molecule has 0 saturated heterocycles. The topological polar surface area (TPSA) is 64.6 Å². The highest BCUT2D eigenvalue weighted by atomic mass is 16.6. The van der Waals surface area contributed by atoms with Crippen molar-refractivity contribution in [1.82, 2.24) is 5.32 Å². The van der Waals surface area contributed by atoms with Gasteiger partial charge in [-0.2, -0.15) is 0 Å². The second-order valence-corrected chi connectivity index (χ2v) is 7.20. The van der Waals surface area contributed by atoms with Gasteiger partial charge in [0.15, 0.2) is 0 Å². The molecule has 0 aliphatic heterocycles. The average molecular weight is 313 g/mol. The van der Waals surface area contributed by atoms with Gasteiger partial charge in [-0.05, 0) is 52.4 Å². The van der Waals surface area contributed by atoms with Gasteiger partial charge in [0.25, 0.3) is 0 Å². The zero-order valence-corrected chi connectivity index (χ0v) is 14.9. The number of carbonyl (C=O) groups is 2. The first-order valence-electron chi connectivity index (χ1n) is 7.78. The quantitative estimate of drug-likeness (QED) is 0.420. The first-order chi connectivity index (χ1) is 9.97. The fourth-order valence-corrected chi connectivity index (χ4v) is 2.04. The van der Waals surface area contributed by atoms with Crippen LogP contribution in [0.15, 0.2) is 12.2 Å². The largest absolute Gasteiger partial charge is 0.463 e. The van der Waals surface area contributed by atoms with Crippen molar-refractivity contribution in [2.45, 2.75) is 66.4 Å². The van der Waals surface area contributed by atoms with Crippen molar-refractivity contribution in [2.75, 3.05) is 13.2 Å². The number of carbonyl (C=O) groups excluding carboxylic acids is 2. The Balaban J connectivity index is 4.05. The maximum atomic E-state index is 11.6. The Bertz CT molecular complexity index is 394. The lowest BCUT2D eigenvalue weighted by atomic mass is 9.82. The summed E-state index contributed by atoms with van der Waals surface area (Å²) in [5.74, 6) is -0.331. The molecule has 0 rings (SSSR count). The molecule has 0 aliphatic rings. The molecule has 0 unspecified atom stereocenters. The van der Waals surface area contributed by atoms with Crippen molar-refractivity contribution in [1.29, 1.82) is 0 Å². The second kappa shape index (κ2) is 8.81. The fraction of sp³-hybridized carbons (Fsp3) is 0.765. The van der Waals surface area contributed by atoms with Gasteiger partial charge in [0.1, 0.15) is 5.60 Å². The Morgan fingerprint density at radius 2 is 1.73 bits per heavy atom. The molecule has 0 aromatic rings. The highest BCUT2D eigenvalue weighted by Gasteiger charge is 2.22. The number of hydrogen-bond acceptors (Lipinski definition) is 4. The number of rotatable bonds is 8. The molecule has 128 valence electrons. The van der Waals surface area contributed by atoms with Crippen LogP contribution in [-0.2, 0) is 14.3 Å². The number of hydrogen-bond donors (Lipinski definition) is 1. The first kappa shape index (κ1) is 20.5. The Labute approximate surface area is 134 Å². The lowest BCUT2D eigenvalue weighted by Gasteiger charge is -2.25. The van der Waals surface area contributed by atoms with Gasteiger partial charge in [0.2, 0.25) is 0 Å². The smallest absolute Gasteiger partial charge is 0.407 e. The van der Waals surface area contributed by atoms with E-state index in [1.807, 2.05) is 20.8 Å². The van der Waals surface area contributed by atoms with Crippen LogP contribution in [-0.4, -0.2) is 30.8 Å². The number of ether oxygens (including phenoxy) is 2. The number of amides is 1. The van der Waals surface area contributed by atoms with E-state index in [9.17, 15) is 9.59 Å². The average Bonchev–Trinajstić information content (AvgIpc) is 2.32. The maximum Gasteiger partial charge on any atom is 0.407 e. The van der Waals surface area contributed by atoms with Crippen LogP contribution >= 0.6 is 0 Å². The van der Waals surface area contributed by atoms with Crippen LogP contribution in [0.5, 0.6) is 0 Å². The van der Waals surface area contributed by atoms with Crippen molar-refractivity contribution in [3.63, 3.8) is 0 Å². The molecule has 0 saturated carbocycles. The van der Waals surface area contributed by atoms with Crippen molar-refractivity contribution < 1.29 is 19.1 Å². The Hall–Kier alpha value is -1.52. The van der Waals surface area contributed by atoms with Gasteiger partial charge in [-0.3, -0.25) is 0 Å². The van der Waals surface area contributed by atoms with Gasteiger partial charge in [0.05, 0.1) is 6.61 Å². The molecule has 0 heterocycles. The molecule has 22 heavy (non-hydrogen) atoms. The molecule has 0 aliphatic carbocycles. The molecule has 0 spiro atoms. The predicted octanol–water partition coefficient (Wildman–Crippen LogP) is 3.83. The van der Waals surface area contributed by atoms with Crippen LogP contribution in [0.4, 0.5) is 4.79 Å². The van der Waals surface area contributed by atoms with E-state index in [-0.39, 0.29) is 11.4 Å². The van der Waals surface area contributed by atoms with Gasteiger partial charge in [-0.25, -0.2) is 9.59 Å². The summed E-state index contributed by atoms with van der Waals surface area (Å²) in [5, 5.41) is 2.73. The monoisotopic (exact) mass is 313 g/mol. The highest BCUT2D eigenvalue weighted by molar-refractivity contribution is 5.87. The van der Waals surface area contributed by atoms with Crippen molar-refractivity contribution >= 4 is 12.1 Å². The van der Waals surface area contributed by atoms with E-state index in [1.54, 1.807) is 6.92 Å². The Morgan fingerprint density at radius 1 is 1.14 bits per heavy atom. The SMILES string of the molecule is C=C(CC(C)(C)CCCNC(=O)OC(C)(C)C)C(=O)OCC. The summed E-state index contributed by atoms with van der Waals surface area (Å²) in [5.41, 5.74) is -0.0628. The van der Waals surface area contributed by atoms with Crippen LogP contribution < -0.4 is 5.32 Å². The molecule has 0 aromatic heterocycles. The van der Waals surface area contributed by atoms with Gasteiger partial charge in [0, 0.05) is 12.1 Å². The molecule has 0 atom stereocenters. The van der Waals surface area contributed by atoms with E-state index in [2.05, 4.69) is 25.7 Å². The number of nitrogens with one attached hydrogen (secondary N) is 1. The van der Waals surface area contributed by atoms with Crippen LogP contribution in [0.2, 0.25) is 0 Å². The lowest BCUT2D eigenvalue weighted by Crippen LogP contribution is -2.33. The van der Waals surface area contributed by atoms with Crippen molar-refractivity contribution in [2.24, 2.45) is 5.41 Å². The van der Waals surface area contributed by atoms with Gasteiger partial charge in [-0.1, -0.05) is 20.4 Å². The summed E-state index contributed by atoms with van der Waals surface area (Å²) >= 11 is 0. The normalized spacial score (nSPS) is 11.7. The van der Waals surface area contributed by atoms with Gasteiger partial charge in [-0.15, -0.1) is 0 Å². The molecule has 5 nitrogen and oxygen atoms in total. The van der Waals surface area contributed by atoms with E-state index in [0.717, 1.165) is 12.8 Å². The number of alkyl carbamates (subject to hydrolysis) is 1. The van der Waals surface area contributed by atoms with E-state index in [0.29, 0.717) is 25.1 Å². The maximum absolute atomic E-state index is 11.6. The fourth-order valence-electron chi connectivity index (χ4n) is 2.04. The minimum absolute atomic E-state index is 0.0700. The summed E-state index contributed by atoms with van der Waals surface area (Å²) in [6.45, 7) is 16.1. The molecule has 1 amide bonds. The standard InChI is InChI=1S/C17H31NO4/c1-8-21-14(19)13(2)12-17(6,7)10-9-11-18-15(20)22-16(3,4)5/h2,8-12H2,1,3-7H3,(H,18,20). The van der Waals surface area contributed by atoms with Crippen LogP contribution in [0.3, 0.4) is 0 Å². The summed E-state index contributed by atoms with van der Waals surface area (Å²) in [6, 6.07) is 0. The highest BCUT2D eigenvalue weighted by Crippen LogP contribution is 2.30.